The first-order chi connectivity index (χ1) is 15.3. The molecule has 0 saturated carbocycles. The van der Waals surface area contributed by atoms with E-state index in [1.54, 1.807) is 36.4 Å². The van der Waals surface area contributed by atoms with Gasteiger partial charge < -0.3 is 25.2 Å². The molecular formula is C23H26N2O7. The number of carboxylic acids is 1. The molecule has 0 aliphatic carbocycles. The fourth-order valence-corrected chi connectivity index (χ4v) is 2.63. The Hall–Kier alpha value is -3.88. The Morgan fingerprint density at radius 2 is 1.38 bits per heavy atom. The fraction of sp³-hybridized carbons (Fsp3) is 0.304. The van der Waals surface area contributed by atoms with Gasteiger partial charge >= 0.3 is 18.0 Å². The number of hydrogen-bond acceptors (Lipinski definition) is 6. The monoisotopic (exact) mass is 442 g/mol. The first-order valence-corrected chi connectivity index (χ1v) is 10.0. The van der Waals surface area contributed by atoms with Crippen molar-refractivity contribution in [1.29, 1.82) is 0 Å². The van der Waals surface area contributed by atoms with Crippen LogP contribution in [0, 0.1) is 0 Å². The second kappa shape index (κ2) is 12.7. The lowest BCUT2D eigenvalue weighted by Crippen LogP contribution is -2.50. The molecule has 0 radical (unpaired) electrons. The molecule has 32 heavy (non-hydrogen) atoms. The van der Waals surface area contributed by atoms with Gasteiger partial charge in [0.1, 0.15) is 25.3 Å². The summed E-state index contributed by atoms with van der Waals surface area (Å²) >= 11 is 0. The number of aliphatic carboxylic acids is 1. The predicted molar refractivity (Wildman–Crippen MR) is 114 cm³/mol. The van der Waals surface area contributed by atoms with Crippen LogP contribution in [0.5, 0.6) is 0 Å². The van der Waals surface area contributed by atoms with Crippen molar-refractivity contribution in [1.82, 2.24) is 10.6 Å². The lowest BCUT2D eigenvalue weighted by Gasteiger charge is -2.18. The summed E-state index contributed by atoms with van der Waals surface area (Å²) in [5.74, 6) is -2.59. The van der Waals surface area contributed by atoms with Gasteiger partial charge in [0.15, 0.2) is 0 Å². The van der Waals surface area contributed by atoms with Crippen LogP contribution in [0.4, 0.5) is 4.79 Å². The van der Waals surface area contributed by atoms with Crippen LogP contribution in [0.3, 0.4) is 0 Å². The highest BCUT2D eigenvalue weighted by Gasteiger charge is 2.25. The molecule has 2 rings (SSSR count). The summed E-state index contributed by atoms with van der Waals surface area (Å²) in [6.45, 7) is 1.51. The normalized spacial score (nSPS) is 12.2. The summed E-state index contributed by atoms with van der Waals surface area (Å²) in [6.07, 6.45) is -1.15. The lowest BCUT2D eigenvalue weighted by atomic mass is 10.1. The van der Waals surface area contributed by atoms with E-state index in [1.807, 2.05) is 24.3 Å². The fourth-order valence-electron chi connectivity index (χ4n) is 2.63. The summed E-state index contributed by atoms with van der Waals surface area (Å²) in [5, 5.41) is 14.0. The van der Waals surface area contributed by atoms with Crippen LogP contribution >= 0.6 is 0 Å². The minimum absolute atomic E-state index is 0.0316. The molecule has 0 saturated heterocycles. The largest absolute Gasteiger partial charge is 0.480 e. The SMILES string of the molecule is C[C@H](NC(=O)OCc1ccccc1)C(=O)N[C@@H](CCC(=O)OCc1ccccc1)C(=O)O. The topological polar surface area (TPSA) is 131 Å². The van der Waals surface area contributed by atoms with Gasteiger partial charge in [-0.15, -0.1) is 0 Å². The zero-order chi connectivity index (χ0) is 23.3. The third-order valence-electron chi connectivity index (χ3n) is 4.43. The number of nitrogens with one attached hydrogen (secondary N) is 2. The Balaban J connectivity index is 1.74. The van der Waals surface area contributed by atoms with Crippen LogP contribution in [-0.2, 0) is 37.1 Å². The van der Waals surface area contributed by atoms with E-state index in [4.69, 9.17) is 9.47 Å². The first kappa shape index (κ1) is 24.4. The molecule has 0 aliphatic heterocycles. The third-order valence-corrected chi connectivity index (χ3v) is 4.43. The van der Waals surface area contributed by atoms with Gasteiger partial charge in [-0.3, -0.25) is 9.59 Å². The number of ether oxygens (including phenoxy) is 2. The van der Waals surface area contributed by atoms with Crippen LogP contribution < -0.4 is 10.6 Å². The van der Waals surface area contributed by atoms with Crippen LogP contribution in [0.1, 0.15) is 30.9 Å². The smallest absolute Gasteiger partial charge is 0.408 e. The highest BCUT2D eigenvalue weighted by Crippen LogP contribution is 2.05. The first-order valence-electron chi connectivity index (χ1n) is 10.0. The molecule has 0 spiro atoms. The third kappa shape index (κ3) is 8.86. The van der Waals surface area contributed by atoms with Crippen LogP contribution in [0.25, 0.3) is 0 Å². The number of amides is 2. The van der Waals surface area contributed by atoms with Gasteiger partial charge in [0, 0.05) is 6.42 Å². The standard InChI is InChI=1S/C23H26N2O7/c1-16(24-23(30)32-15-18-10-6-3-7-11-18)21(27)25-19(22(28)29)12-13-20(26)31-14-17-8-4-2-5-9-17/h2-11,16,19H,12-15H2,1H3,(H,24,30)(H,25,27)(H,28,29)/t16-,19-/m0/s1. The molecule has 2 aromatic carbocycles. The quantitative estimate of drug-likeness (QED) is 0.455. The van der Waals surface area contributed by atoms with Gasteiger partial charge in [-0.05, 0) is 24.5 Å². The van der Waals surface area contributed by atoms with E-state index in [0.717, 1.165) is 11.1 Å². The van der Waals surface area contributed by atoms with Crippen LogP contribution in [-0.4, -0.2) is 41.1 Å². The minimum atomic E-state index is -1.31. The van der Waals surface area contributed by atoms with Crippen molar-refractivity contribution in [2.45, 2.75) is 45.1 Å². The van der Waals surface area contributed by atoms with Crippen LogP contribution in [0.15, 0.2) is 60.7 Å². The second-order valence-electron chi connectivity index (χ2n) is 7.01. The maximum Gasteiger partial charge on any atom is 0.408 e. The number of hydrogen-bond donors (Lipinski definition) is 3. The molecule has 0 unspecified atom stereocenters. The zero-order valence-electron chi connectivity index (χ0n) is 17.7. The number of rotatable bonds is 11. The molecule has 3 N–H and O–H groups in total. The highest BCUT2D eigenvalue weighted by atomic mass is 16.5. The number of carboxylic acid groups (broad SMARTS) is 1. The van der Waals surface area contributed by atoms with E-state index in [1.165, 1.54) is 6.92 Å². The number of carbonyl (C=O) groups excluding carboxylic acids is 3. The van der Waals surface area contributed by atoms with Gasteiger partial charge in [-0.2, -0.15) is 0 Å². The maximum absolute atomic E-state index is 12.3. The molecule has 170 valence electrons. The van der Waals surface area contributed by atoms with Gasteiger partial charge in [0.2, 0.25) is 5.91 Å². The average Bonchev–Trinajstić information content (AvgIpc) is 2.80. The highest BCUT2D eigenvalue weighted by molar-refractivity contribution is 5.89. The number of esters is 1. The Morgan fingerprint density at radius 1 is 0.844 bits per heavy atom. The molecule has 0 aliphatic rings. The van der Waals surface area contributed by atoms with Gasteiger partial charge in [0.05, 0.1) is 0 Å². The van der Waals surface area contributed by atoms with Gasteiger partial charge in [0.25, 0.3) is 0 Å². The van der Waals surface area contributed by atoms with E-state index in [-0.39, 0.29) is 26.1 Å². The summed E-state index contributed by atoms with van der Waals surface area (Å²) in [4.78, 5) is 47.5. The van der Waals surface area contributed by atoms with Crippen molar-refractivity contribution in [2.75, 3.05) is 0 Å². The Labute approximate surface area is 185 Å². The van der Waals surface area contributed by atoms with Crippen molar-refractivity contribution in [3.8, 4) is 0 Å². The summed E-state index contributed by atoms with van der Waals surface area (Å²) in [6, 6.07) is 15.7. The molecule has 2 amide bonds. The van der Waals surface area contributed by atoms with E-state index < -0.39 is 36.0 Å². The Bertz CT molecular complexity index is 903. The molecule has 2 atom stereocenters. The molecular weight excluding hydrogens is 416 g/mol. The molecule has 2 aromatic rings. The van der Waals surface area contributed by atoms with E-state index in [9.17, 15) is 24.3 Å². The second-order valence-corrected chi connectivity index (χ2v) is 7.01. The zero-order valence-corrected chi connectivity index (χ0v) is 17.7. The molecule has 0 fully saturated rings. The van der Waals surface area contributed by atoms with Gasteiger partial charge in [-0.25, -0.2) is 9.59 Å². The summed E-state index contributed by atoms with van der Waals surface area (Å²) < 4.78 is 10.1. The van der Waals surface area contributed by atoms with Crippen molar-refractivity contribution in [2.24, 2.45) is 0 Å². The van der Waals surface area contributed by atoms with E-state index >= 15 is 0 Å². The molecule has 9 heteroatoms. The van der Waals surface area contributed by atoms with Crippen molar-refractivity contribution in [3.05, 3.63) is 71.8 Å². The summed E-state index contributed by atoms with van der Waals surface area (Å²) in [5.41, 5.74) is 1.59. The molecule has 9 nitrogen and oxygen atoms in total. The van der Waals surface area contributed by atoms with Crippen molar-refractivity contribution in [3.63, 3.8) is 0 Å². The molecule has 0 heterocycles. The lowest BCUT2D eigenvalue weighted by molar-refractivity contribution is -0.146. The molecule has 0 aromatic heterocycles. The number of benzene rings is 2. The minimum Gasteiger partial charge on any atom is -0.480 e. The maximum atomic E-state index is 12.3. The number of carbonyl (C=O) groups is 4. The van der Waals surface area contributed by atoms with Crippen molar-refractivity contribution >= 4 is 23.9 Å². The Morgan fingerprint density at radius 3 is 1.91 bits per heavy atom. The average molecular weight is 442 g/mol. The Kier molecular flexibility index (Phi) is 9.70. The van der Waals surface area contributed by atoms with Crippen molar-refractivity contribution < 1.29 is 33.8 Å². The van der Waals surface area contributed by atoms with Crippen LogP contribution in [0.2, 0.25) is 0 Å². The summed E-state index contributed by atoms with van der Waals surface area (Å²) in [7, 11) is 0. The number of alkyl carbamates (subject to hydrolysis) is 1. The van der Waals surface area contributed by atoms with Gasteiger partial charge in [-0.1, -0.05) is 60.7 Å². The van der Waals surface area contributed by atoms with E-state index in [2.05, 4.69) is 10.6 Å². The predicted octanol–water partition coefficient (Wildman–Crippen LogP) is 2.39. The molecule has 0 bridgehead atoms. The van der Waals surface area contributed by atoms with E-state index in [0.29, 0.717) is 0 Å².